The number of rotatable bonds is 12. The lowest BCUT2D eigenvalue weighted by Gasteiger charge is -2.01. The van der Waals surface area contributed by atoms with Crippen molar-refractivity contribution in [3.8, 4) is 0 Å². The van der Waals surface area contributed by atoms with Gasteiger partial charge in [-0.2, -0.15) is 0 Å². The molecule has 0 nitrogen and oxygen atoms in total. The molecule has 0 heterocycles. The fourth-order valence-corrected chi connectivity index (χ4v) is 2.45. The van der Waals surface area contributed by atoms with E-state index in [9.17, 15) is 0 Å². The van der Waals surface area contributed by atoms with Gasteiger partial charge in [-0.15, -0.1) is 6.58 Å². The quantitative estimate of drug-likeness (QED) is 0.265. The normalized spacial score (nSPS) is 10.7. The van der Waals surface area contributed by atoms with Crippen molar-refractivity contribution < 1.29 is 0 Å². The maximum Gasteiger partial charge on any atom is 0.00279 e. The SMILES string of the molecule is C=CCCCCCCCCCCCC[SiH3]. The van der Waals surface area contributed by atoms with Crippen molar-refractivity contribution in [3.63, 3.8) is 0 Å². The minimum Gasteiger partial charge on any atom is -0.103 e. The Morgan fingerprint density at radius 2 is 1.07 bits per heavy atom. The first kappa shape index (κ1) is 15.0. The Kier molecular flexibility index (Phi) is 13.9. The highest BCUT2D eigenvalue weighted by molar-refractivity contribution is 6.08. The summed E-state index contributed by atoms with van der Waals surface area (Å²) in [6.45, 7) is 3.75. The maximum atomic E-state index is 3.75. The van der Waals surface area contributed by atoms with Crippen LogP contribution < -0.4 is 0 Å². The van der Waals surface area contributed by atoms with E-state index in [4.69, 9.17) is 0 Å². The summed E-state index contributed by atoms with van der Waals surface area (Å²) in [5, 5.41) is 0. The van der Waals surface area contributed by atoms with Crippen LogP contribution in [0.15, 0.2) is 12.7 Å². The van der Waals surface area contributed by atoms with Crippen molar-refractivity contribution in [1.29, 1.82) is 0 Å². The van der Waals surface area contributed by atoms with E-state index < -0.39 is 0 Å². The number of allylic oxidation sites excluding steroid dienone is 1. The first-order valence-electron chi connectivity index (χ1n) is 7.02. The van der Waals surface area contributed by atoms with Crippen LogP contribution >= 0.6 is 0 Å². The zero-order valence-electron chi connectivity index (χ0n) is 10.8. The Hall–Kier alpha value is -0.0431. The van der Waals surface area contributed by atoms with Crippen LogP contribution in [0.5, 0.6) is 0 Å². The van der Waals surface area contributed by atoms with E-state index in [1.54, 1.807) is 0 Å². The molecule has 0 N–H and O–H groups in total. The monoisotopic (exact) mass is 226 g/mol. The second-order valence-electron chi connectivity index (χ2n) is 4.61. The molecule has 0 aliphatic carbocycles. The number of unbranched alkanes of at least 4 members (excludes halogenated alkanes) is 10. The van der Waals surface area contributed by atoms with Gasteiger partial charge in [-0.1, -0.05) is 69.9 Å². The van der Waals surface area contributed by atoms with E-state index in [2.05, 4.69) is 6.58 Å². The molecule has 0 aromatic rings. The molecule has 0 fully saturated rings. The lowest BCUT2D eigenvalue weighted by Crippen LogP contribution is -1.82. The molecule has 0 aliphatic rings. The van der Waals surface area contributed by atoms with E-state index in [1.807, 2.05) is 6.08 Å². The highest BCUT2D eigenvalue weighted by Crippen LogP contribution is 2.11. The molecule has 0 aliphatic heterocycles. The van der Waals surface area contributed by atoms with Crippen molar-refractivity contribution in [1.82, 2.24) is 0 Å². The van der Waals surface area contributed by atoms with Crippen LogP contribution in [0.1, 0.15) is 70.6 Å². The molecular weight excluding hydrogens is 196 g/mol. The highest BCUT2D eigenvalue weighted by atomic mass is 28.1. The Morgan fingerprint density at radius 1 is 0.667 bits per heavy atom. The van der Waals surface area contributed by atoms with Gasteiger partial charge in [0.2, 0.25) is 0 Å². The standard InChI is InChI=1S/C14H30Si/c1-2-3-4-5-6-7-8-9-10-11-12-13-14-15/h2H,1,3-14H2,15H3. The van der Waals surface area contributed by atoms with Gasteiger partial charge in [-0.3, -0.25) is 0 Å². The van der Waals surface area contributed by atoms with Gasteiger partial charge in [0.05, 0.1) is 0 Å². The molecule has 0 radical (unpaired) electrons. The second kappa shape index (κ2) is 14.0. The van der Waals surface area contributed by atoms with Crippen molar-refractivity contribution in [2.45, 2.75) is 76.7 Å². The van der Waals surface area contributed by atoms with Crippen LogP contribution in [0.3, 0.4) is 0 Å². The molecule has 0 saturated heterocycles. The first-order valence-corrected chi connectivity index (χ1v) is 8.44. The third kappa shape index (κ3) is 14.0. The molecule has 0 spiro atoms. The fourth-order valence-electron chi connectivity index (χ4n) is 1.95. The van der Waals surface area contributed by atoms with E-state index in [0.717, 1.165) is 0 Å². The largest absolute Gasteiger partial charge is 0.103 e. The van der Waals surface area contributed by atoms with Crippen LogP contribution in [-0.2, 0) is 0 Å². The minimum absolute atomic E-state index is 1.21. The lowest BCUT2D eigenvalue weighted by atomic mass is 10.1. The summed E-state index contributed by atoms with van der Waals surface area (Å²) in [5.41, 5.74) is 0. The lowest BCUT2D eigenvalue weighted by molar-refractivity contribution is 0.557. The Labute approximate surface area is 100.0 Å². The van der Waals surface area contributed by atoms with Crippen molar-refractivity contribution >= 4 is 10.2 Å². The van der Waals surface area contributed by atoms with Crippen LogP contribution in [0.2, 0.25) is 6.04 Å². The van der Waals surface area contributed by atoms with Gasteiger partial charge in [0.1, 0.15) is 0 Å². The first-order chi connectivity index (χ1) is 7.41. The van der Waals surface area contributed by atoms with Crippen LogP contribution in [0.25, 0.3) is 0 Å². The summed E-state index contributed by atoms with van der Waals surface area (Å²) in [7, 11) is 1.40. The molecule has 0 atom stereocenters. The predicted molar refractivity (Wildman–Crippen MR) is 75.7 cm³/mol. The highest BCUT2D eigenvalue weighted by Gasteiger charge is 1.91. The zero-order chi connectivity index (χ0) is 11.2. The second-order valence-corrected chi connectivity index (χ2v) is 5.61. The Morgan fingerprint density at radius 3 is 1.47 bits per heavy atom. The molecule has 0 rings (SSSR count). The van der Waals surface area contributed by atoms with Crippen LogP contribution in [-0.4, -0.2) is 10.2 Å². The van der Waals surface area contributed by atoms with Gasteiger partial charge < -0.3 is 0 Å². The number of hydrogen-bond donors (Lipinski definition) is 0. The fraction of sp³-hybridized carbons (Fsp3) is 0.857. The summed E-state index contributed by atoms with van der Waals surface area (Å²) in [6, 6.07) is 1.50. The Bertz CT molecular complexity index is 121. The van der Waals surface area contributed by atoms with E-state index in [1.165, 1.54) is 86.9 Å². The minimum atomic E-state index is 1.21. The molecule has 0 aromatic carbocycles. The molecule has 0 saturated carbocycles. The smallest absolute Gasteiger partial charge is 0.00279 e. The molecule has 1 heteroatoms. The third-order valence-corrected chi connectivity index (χ3v) is 3.72. The summed E-state index contributed by atoms with van der Waals surface area (Å²) in [6.07, 6.45) is 17.8. The van der Waals surface area contributed by atoms with Crippen LogP contribution in [0, 0.1) is 0 Å². The van der Waals surface area contributed by atoms with Gasteiger partial charge in [0.15, 0.2) is 0 Å². The van der Waals surface area contributed by atoms with Gasteiger partial charge in [0.25, 0.3) is 0 Å². The maximum absolute atomic E-state index is 3.75. The average Bonchev–Trinajstić information content (AvgIpc) is 2.26. The topological polar surface area (TPSA) is 0 Å². The van der Waals surface area contributed by atoms with Gasteiger partial charge in [0, 0.05) is 10.2 Å². The summed E-state index contributed by atoms with van der Waals surface area (Å²) in [5.74, 6) is 0. The van der Waals surface area contributed by atoms with Crippen LogP contribution in [0.4, 0.5) is 0 Å². The molecule has 90 valence electrons. The summed E-state index contributed by atoms with van der Waals surface area (Å²) < 4.78 is 0. The van der Waals surface area contributed by atoms with Gasteiger partial charge >= 0.3 is 0 Å². The van der Waals surface area contributed by atoms with Crippen molar-refractivity contribution in [2.24, 2.45) is 0 Å². The molecule has 0 aromatic heterocycles. The van der Waals surface area contributed by atoms with E-state index in [-0.39, 0.29) is 0 Å². The molecular formula is C14H30Si. The van der Waals surface area contributed by atoms with Gasteiger partial charge in [-0.25, -0.2) is 0 Å². The summed E-state index contributed by atoms with van der Waals surface area (Å²) >= 11 is 0. The van der Waals surface area contributed by atoms with Gasteiger partial charge in [-0.05, 0) is 12.8 Å². The van der Waals surface area contributed by atoms with E-state index in [0.29, 0.717) is 0 Å². The molecule has 0 bridgehead atoms. The Balaban J connectivity index is 2.83. The van der Waals surface area contributed by atoms with E-state index >= 15 is 0 Å². The predicted octanol–water partition coefficient (Wildman–Crippen LogP) is 4.25. The average molecular weight is 226 g/mol. The molecule has 0 amide bonds. The molecule has 0 unspecified atom stereocenters. The summed E-state index contributed by atoms with van der Waals surface area (Å²) in [4.78, 5) is 0. The van der Waals surface area contributed by atoms with Crippen molar-refractivity contribution in [3.05, 3.63) is 12.7 Å². The molecule has 15 heavy (non-hydrogen) atoms. The number of hydrogen-bond acceptors (Lipinski definition) is 0. The zero-order valence-corrected chi connectivity index (χ0v) is 12.8. The third-order valence-electron chi connectivity index (χ3n) is 3.01. The van der Waals surface area contributed by atoms with Crippen molar-refractivity contribution in [2.75, 3.05) is 0 Å².